The van der Waals surface area contributed by atoms with Gasteiger partial charge in [-0.15, -0.1) is 0 Å². The van der Waals surface area contributed by atoms with Gasteiger partial charge in [0.2, 0.25) is 0 Å². The van der Waals surface area contributed by atoms with Gasteiger partial charge in [-0.25, -0.2) is 0 Å². The van der Waals surface area contributed by atoms with Crippen LogP contribution in [0.3, 0.4) is 0 Å². The third kappa shape index (κ3) is 3.40. The SMILES string of the molecule is CCC.CN1Cc2ccccc2-c2n[nH]nc2-c2ccccc21.[V]. The molecule has 0 saturated carbocycles. The number of anilines is 1. The topological polar surface area (TPSA) is 44.8 Å². The van der Waals surface area contributed by atoms with Crippen molar-refractivity contribution in [1.82, 2.24) is 15.4 Å². The molecule has 0 fully saturated rings. The number of fused-ring (bicyclic) bond motifs is 5. The Kier molecular flexibility index (Phi) is 6.24. The molecule has 5 heteroatoms. The molecule has 4 nitrogen and oxygen atoms in total. The van der Waals surface area contributed by atoms with E-state index in [-0.39, 0.29) is 18.6 Å². The van der Waals surface area contributed by atoms with E-state index in [0.717, 1.165) is 29.1 Å². The Bertz CT molecular complexity index is 797. The third-order valence-corrected chi connectivity index (χ3v) is 3.80. The molecule has 1 N–H and O–H groups in total. The first-order valence-electron chi connectivity index (χ1n) is 8.05. The fourth-order valence-corrected chi connectivity index (χ4v) is 2.84. The molecular weight excluding hydrogens is 335 g/mol. The van der Waals surface area contributed by atoms with Crippen LogP contribution in [0.1, 0.15) is 25.8 Å². The van der Waals surface area contributed by atoms with Gasteiger partial charge in [-0.3, -0.25) is 0 Å². The van der Waals surface area contributed by atoms with Crippen LogP contribution in [0.5, 0.6) is 0 Å². The van der Waals surface area contributed by atoms with Gasteiger partial charge in [0.15, 0.2) is 0 Å². The summed E-state index contributed by atoms with van der Waals surface area (Å²) in [5, 5.41) is 11.5. The third-order valence-electron chi connectivity index (χ3n) is 3.80. The molecule has 0 bridgehead atoms. The average Bonchev–Trinajstić information content (AvgIpc) is 3.04. The van der Waals surface area contributed by atoms with Crippen LogP contribution < -0.4 is 4.90 Å². The van der Waals surface area contributed by atoms with Gasteiger partial charge in [0, 0.05) is 49.0 Å². The van der Waals surface area contributed by atoms with Crippen LogP contribution in [0, 0.1) is 0 Å². The number of aromatic amines is 1. The van der Waals surface area contributed by atoms with Crippen LogP contribution in [-0.2, 0) is 25.1 Å². The maximum absolute atomic E-state index is 4.37. The first kappa shape index (κ1) is 18.3. The maximum Gasteiger partial charge on any atom is 0.122 e. The Morgan fingerprint density at radius 2 is 1.46 bits per heavy atom. The van der Waals surface area contributed by atoms with Crippen molar-refractivity contribution in [3.63, 3.8) is 0 Å². The zero-order valence-corrected chi connectivity index (χ0v) is 15.7. The summed E-state index contributed by atoms with van der Waals surface area (Å²) in [4.78, 5) is 2.26. The van der Waals surface area contributed by atoms with Gasteiger partial charge in [0.1, 0.15) is 11.4 Å². The average molecular weight is 357 g/mol. The van der Waals surface area contributed by atoms with Gasteiger partial charge in [0.25, 0.3) is 0 Å². The molecule has 0 amide bonds. The van der Waals surface area contributed by atoms with Gasteiger partial charge in [0.05, 0.1) is 0 Å². The molecule has 1 radical (unpaired) electrons. The number of aromatic nitrogens is 3. The van der Waals surface area contributed by atoms with Gasteiger partial charge in [-0.05, 0) is 11.6 Å². The van der Waals surface area contributed by atoms with Crippen molar-refractivity contribution in [2.24, 2.45) is 0 Å². The molecule has 0 atom stereocenters. The molecule has 24 heavy (non-hydrogen) atoms. The first-order valence-corrected chi connectivity index (χ1v) is 8.05. The maximum atomic E-state index is 4.37. The molecular formula is C19H22N4V. The Morgan fingerprint density at radius 1 is 0.917 bits per heavy atom. The van der Waals surface area contributed by atoms with E-state index in [1.807, 2.05) is 12.1 Å². The smallest absolute Gasteiger partial charge is 0.122 e. The van der Waals surface area contributed by atoms with Crippen molar-refractivity contribution < 1.29 is 18.6 Å². The quantitative estimate of drug-likeness (QED) is 0.644. The summed E-state index contributed by atoms with van der Waals surface area (Å²) in [6.45, 7) is 5.11. The number of nitrogens with zero attached hydrogens (tertiary/aromatic N) is 3. The summed E-state index contributed by atoms with van der Waals surface area (Å²) in [5.41, 5.74) is 6.56. The molecule has 1 aromatic heterocycles. The second-order valence-electron chi connectivity index (χ2n) is 5.76. The molecule has 4 rings (SSSR count). The van der Waals surface area contributed by atoms with E-state index in [1.165, 1.54) is 17.7 Å². The van der Waals surface area contributed by atoms with Crippen molar-refractivity contribution in [2.75, 3.05) is 11.9 Å². The van der Waals surface area contributed by atoms with Gasteiger partial charge in [-0.2, -0.15) is 15.4 Å². The Hall–Kier alpha value is -2.04. The molecule has 0 spiro atoms. The fraction of sp³-hybridized carbons (Fsp3) is 0.263. The van der Waals surface area contributed by atoms with Crippen molar-refractivity contribution in [3.8, 4) is 22.5 Å². The minimum atomic E-state index is 0. The van der Waals surface area contributed by atoms with E-state index in [1.54, 1.807) is 0 Å². The fourth-order valence-electron chi connectivity index (χ4n) is 2.84. The Labute approximate surface area is 155 Å². The second-order valence-corrected chi connectivity index (χ2v) is 5.76. The van der Waals surface area contributed by atoms with Gasteiger partial charge in [-0.1, -0.05) is 62.7 Å². The van der Waals surface area contributed by atoms with Crippen molar-refractivity contribution in [2.45, 2.75) is 26.8 Å². The molecule has 0 saturated heterocycles. The molecule has 123 valence electrons. The van der Waals surface area contributed by atoms with E-state index in [4.69, 9.17) is 0 Å². The normalized spacial score (nSPS) is 11.5. The number of H-pyrrole nitrogens is 1. The van der Waals surface area contributed by atoms with Crippen LogP contribution in [0.2, 0.25) is 0 Å². The van der Waals surface area contributed by atoms with Crippen molar-refractivity contribution >= 4 is 5.69 Å². The van der Waals surface area contributed by atoms with E-state index in [0.29, 0.717) is 0 Å². The van der Waals surface area contributed by atoms with Crippen LogP contribution >= 0.6 is 0 Å². The summed E-state index contributed by atoms with van der Waals surface area (Å²) < 4.78 is 0. The van der Waals surface area contributed by atoms with Gasteiger partial charge < -0.3 is 4.90 Å². The van der Waals surface area contributed by atoms with Gasteiger partial charge >= 0.3 is 0 Å². The van der Waals surface area contributed by atoms with Crippen molar-refractivity contribution in [1.29, 1.82) is 0 Å². The molecule has 0 aliphatic carbocycles. The molecule has 0 unspecified atom stereocenters. The minimum absolute atomic E-state index is 0. The van der Waals surface area contributed by atoms with E-state index < -0.39 is 0 Å². The monoisotopic (exact) mass is 357 g/mol. The van der Waals surface area contributed by atoms with Crippen LogP contribution in [0.15, 0.2) is 48.5 Å². The summed E-state index contributed by atoms with van der Waals surface area (Å²) in [6, 6.07) is 16.7. The van der Waals surface area contributed by atoms with E-state index in [9.17, 15) is 0 Å². The zero-order chi connectivity index (χ0) is 16.2. The number of hydrogen-bond donors (Lipinski definition) is 1. The predicted molar refractivity (Wildman–Crippen MR) is 95.3 cm³/mol. The largest absolute Gasteiger partial charge is 0.370 e. The number of nitrogens with one attached hydrogen (secondary N) is 1. The summed E-state index contributed by atoms with van der Waals surface area (Å²) in [5.74, 6) is 0. The summed E-state index contributed by atoms with van der Waals surface area (Å²) in [6.07, 6.45) is 1.25. The number of para-hydroxylation sites is 1. The summed E-state index contributed by atoms with van der Waals surface area (Å²) >= 11 is 0. The first-order chi connectivity index (χ1) is 11.3. The molecule has 2 heterocycles. The van der Waals surface area contributed by atoms with Crippen LogP contribution in [0.4, 0.5) is 5.69 Å². The molecule has 2 aromatic carbocycles. The Morgan fingerprint density at radius 3 is 2.17 bits per heavy atom. The zero-order valence-electron chi connectivity index (χ0n) is 14.3. The minimum Gasteiger partial charge on any atom is -0.370 e. The number of rotatable bonds is 0. The van der Waals surface area contributed by atoms with E-state index >= 15 is 0 Å². The van der Waals surface area contributed by atoms with Crippen molar-refractivity contribution in [3.05, 3.63) is 54.1 Å². The molecule has 1 aliphatic heterocycles. The Balaban J connectivity index is 0.000000487. The summed E-state index contributed by atoms with van der Waals surface area (Å²) in [7, 11) is 2.11. The number of hydrogen-bond acceptors (Lipinski definition) is 3. The predicted octanol–water partition coefficient (Wildman–Crippen LogP) is 4.50. The standard InChI is InChI=1S/C16H14N4.C3H8.V/c1-20-10-11-6-2-3-7-12(11)15-16(18-19-17-15)13-8-4-5-9-14(13)20;1-3-2;/h2-9H,10H2,1H3,(H,17,18,19);3H2,1-2H3;. The number of benzene rings is 2. The van der Waals surface area contributed by atoms with Crippen LogP contribution in [-0.4, -0.2) is 22.5 Å². The molecule has 3 aromatic rings. The second kappa shape index (κ2) is 8.18. The van der Waals surface area contributed by atoms with Crippen LogP contribution in [0.25, 0.3) is 22.5 Å². The molecule has 1 aliphatic rings. The van der Waals surface area contributed by atoms with E-state index in [2.05, 4.69) is 77.6 Å².